The summed E-state index contributed by atoms with van der Waals surface area (Å²) in [6, 6.07) is 34.2. The Morgan fingerprint density at radius 3 is 1.20 bits per heavy atom. The fourth-order valence-electron chi connectivity index (χ4n) is 10.8. The highest BCUT2D eigenvalue weighted by atomic mass is 16.6. The molecule has 8 rings (SSSR count). The fraction of sp³-hybridized carbons (Fsp3) is 0.388. The second-order valence-electron chi connectivity index (χ2n) is 23.8. The van der Waals surface area contributed by atoms with E-state index in [4.69, 9.17) is 18.9 Å². The van der Waals surface area contributed by atoms with E-state index < -0.39 is 5.97 Å². The molecular weight excluding hydrogens is 1070 g/mol. The third kappa shape index (κ3) is 22.9. The van der Waals surface area contributed by atoms with Crippen molar-refractivity contribution in [2.75, 3.05) is 26.4 Å². The van der Waals surface area contributed by atoms with E-state index in [1.807, 2.05) is 12.2 Å². The summed E-state index contributed by atoms with van der Waals surface area (Å²) >= 11 is 0. The van der Waals surface area contributed by atoms with E-state index in [1.165, 1.54) is 181 Å². The number of carbonyl (C=O) groups excluding carboxylic acids is 3. The van der Waals surface area contributed by atoms with Crippen LogP contribution in [0.5, 0.6) is 0 Å². The Kier molecular flexibility index (Phi) is 29.4. The van der Waals surface area contributed by atoms with Crippen LogP contribution >= 0.6 is 0 Å². The monoisotopic (exact) mass is 1170 g/mol. The molecule has 0 unspecified atom stereocenters. The van der Waals surface area contributed by atoms with Crippen molar-refractivity contribution in [3.8, 4) is 22.3 Å². The standard InChI is InChI=1S/C24H22.C22H30O4.C20H30.C14H18O3/c1-15-11-24(22-10-6-18-4-8-20(18)14-22)16(2)12-23(15)21-9-5-17-3-7-19(17)13-21;1-15(2)21(23)25-11-7-9-19-13-18(6)20(14-17(19)5)10-8-12-26-22(24)16(3)4;1-5-7-9-11-13-19-15-18(4)20(16-17(19)3)14-12-10-8-6-2;1-4-14(15)17-8-7-16-10-13-9-11(2)5-6-12(13)3/h5-6,9-14H,3-4,7-8H2,1-2H3;13-14H,1,3,7-12H2,2,4-6H3;5-6,15-16H,1-2,7-14H2,3-4H3;4-6,9H,1,7-8,10H2,2-3H3. The van der Waals surface area contributed by atoms with Gasteiger partial charge in [0.05, 0.1) is 26.4 Å². The van der Waals surface area contributed by atoms with Gasteiger partial charge in [-0.2, -0.15) is 0 Å². The first kappa shape index (κ1) is 70.2. The van der Waals surface area contributed by atoms with Crippen molar-refractivity contribution in [1.29, 1.82) is 0 Å². The molecule has 7 nitrogen and oxygen atoms in total. The van der Waals surface area contributed by atoms with Crippen molar-refractivity contribution < 1.29 is 33.3 Å². The molecule has 87 heavy (non-hydrogen) atoms. The van der Waals surface area contributed by atoms with Crippen molar-refractivity contribution in [2.24, 2.45) is 0 Å². The lowest BCUT2D eigenvalue weighted by atomic mass is 9.83. The van der Waals surface area contributed by atoms with E-state index >= 15 is 0 Å². The number of aryl methyl sites for hydroxylation is 16. The quantitative estimate of drug-likeness (QED) is 0.0159. The predicted molar refractivity (Wildman–Crippen MR) is 364 cm³/mol. The number of ether oxygens (including phenoxy) is 4. The minimum atomic E-state index is -0.416. The van der Waals surface area contributed by atoms with Gasteiger partial charge in [0.1, 0.15) is 6.61 Å². The first-order valence-corrected chi connectivity index (χ1v) is 31.6. The second kappa shape index (κ2) is 36.5. The molecule has 7 heteroatoms. The Balaban J connectivity index is 0.000000214. The number of hydrogen-bond donors (Lipinski definition) is 0. The molecule has 6 aromatic carbocycles. The van der Waals surface area contributed by atoms with E-state index in [9.17, 15) is 14.4 Å². The van der Waals surface area contributed by atoms with Crippen LogP contribution in [0, 0.1) is 55.4 Å². The molecule has 6 aromatic rings. The topological polar surface area (TPSA) is 88.1 Å². The Morgan fingerprint density at radius 2 is 0.828 bits per heavy atom. The lowest BCUT2D eigenvalue weighted by Gasteiger charge is -2.22. The summed E-state index contributed by atoms with van der Waals surface area (Å²) < 4.78 is 20.5. The van der Waals surface area contributed by atoms with Crippen LogP contribution in [0.15, 0.2) is 153 Å². The van der Waals surface area contributed by atoms with Crippen LogP contribution in [0.3, 0.4) is 0 Å². The third-order valence-corrected chi connectivity index (χ3v) is 16.5. The molecule has 0 amide bonds. The van der Waals surface area contributed by atoms with Crippen LogP contribution in [0.2, 0.25) is 0 Å². The van der Waals surface area contributed by atoms with Crippen LogP contribution in [0.4, 0.5) is 0 Å². The van der Waals surface area contributed by atoms with Gasteiger partial charge in [-0.05, 0) is 283 Å². The van der Waals surface area contributed by atoms with E-state index in [1.54, 1.807) is 13.8 Å². The highest BCUT2D eigenvalue weighted by Crippen LogP contribution is 2.36. The Bertz CT molecular complexity index is 3170. The molecule has 0 heterocycles. The molecule has 0 aromatic heterocycles. The highest BCUT2D eigenvalue weighted by molar-refractivity contribution is 5.87. The predicted octanol–water partition coefficient (Wildman–Crippen LogP) is 18.9. The fourth-order valence-corrected chi connectivity index (χ4v) is 10.8. The van der Waals surface area contributed by atoms with Gasteiger partial charge in [0, 0.05) is 17.2 Å². The lowest BCUT2D eigenvalue weighted by molar-refractivity contribution is -0.140. The number of fused-ring (bicyclic) bond motifs is 2. The van der Waals surface area contributed by atoms with Crippen molar-refractivity contribution in [1.82, 2.24) is 0 Å². The summed E-state index contributed by atoms with van der Waals surface area (Å²) in [5.74, 6) is -1.08. The van der Waals surface area contributed by atoms with Crippen LogP contribution in [-0.4, -0.2) is 44.3 Å². The maximum Gasteiger partial charge on any atom is 0.333 e. The molecule has 0 aliphatic heterocycles. The first-order chi connectivity index (χ1) is 41.7. The maximum absolute atomic E-state index is 11.4. The summed E-state index contributed by atoms with van der Waals surface area (Å²) in [6.45, 7) is 40.6. The molecule has 2 aliphatic rings. The molecule has 0 radical (unpaired) electrons. The van der Waals surface area contributed by atoms with Gasteiger partial charge < -0.3 is 18.9 Å². The summed E-state index contributed by atoms with van der Waals surface area (Å²) in [7, 11) is 0. The highest BCUT2D eigenvalue weighted by Gasteiger charge is 2.18. The van der Waals surface area contributed by atoms with E-state index in [-0.39, 0.29) is 18.5 Å². The van der Waals surface area contributed by atoms with Gasteiger partial charge in [-0.3, -0.25) is 0 Å². The number of allylic oxidation sites excluding steroid dienone is 2. The zero-order chi connectivity index (χ0) is 63.4. The summed E-state index contributed by atoms with van der Waals surface area (Å²) in [5.41, 5.74) is 29.8. The molecule has 0 saturated heterocycles. The van der Waals surface area contributed by atoms with Crippen LogP contribution in [0.25, 0.3) is 22.3 Å². The maximum atomic E-state index is 11.4. The van der Waals surface area contributed by atoms with Gasteiger partial charge in [-0.1, -0.05) is 128 Å². The normalized spacial score (nSPS) is 11.4. The van der Waals surface area contributed by atoms with Gasteiger partial charge in [0.2, 0.25) is 0 Å². The average Bonchev–Trinajstić information content (AvgIpc) is 1.08. The van der Waals surface area contributed by atoms with Gasteiger partial charge in [-0.15, -0.1) is 13.2 Å². The lowest BCUT2D eigenvalue weighted by Crippen LogP contribution is -2.08. The zero-order valence-corrected chi connectivity index (χ0v) is 54.6. The van der Waals surface area contributed by atoms with Crippen LogP contribution in [0.1, 0.15) is 160 Å². The molecule has 2 aliphatic carbocycles. The van der Waals surface area contributed by atoms with Crippen molar-refractivity contribution in [2.45, 2.75) is 179 Å². The molecule has 0 saturated carbocycles. The summed E-state index contributed by atoms with van der Waals surface area (Å²) in [4.78, 5) is 33.5. The average molecular weight is 1170 g/mol. The number of esters is 3. The molecule has 0 N–H and O–H groups in total. The molecule has 0 atom stereocenters. The number of carbonyl (C=O) groups is 3. The second-order valence-corrected chi connectivity index (χ2v) is 23.8. The summed E-state index contributed by atoms with van der Waals surface area (Å²) in [6.07, 6.45) is 23.2. The van der Waals surface area contributed by atoms with E-state index in [0.717, 1.165) is 44.6 Å². The Hall–Kier alpha value is -7.61. The first-order valence-electron chi connectivity index (χ1n) is 31.6. The molecule has 462 valence electrons. The molecule has 0 fully saturated rings. The largest absolute Gasteiger partial charge is 0.462 e. The SMILES string of the molecule is C=C(C)C(=O)OCCCc1cc(C)c(CCCOC(=O)C(=C)C)cc1C.C=CC(=O)OCCOCc1cc(C)ccc1C.C=CCCCCc1cc(C)c(CCCCC=C)cc1C.Cc1cc(-c2ccc3c(c2)CC3)c(C)cc1-c1ccc2c(c1)CC2. The molecule has 0 bridgehead atoms. The molecule has 0 spiro atoms. The van der Waals surface area contributed by atoms with Crippen molar-refractivity contribution in [3.63, 3.8) is 0 Å². The van der Waals surface area contributed by atoms with E-state index in [2.05, 4.69) is 179 Å². The number of hydrogen-bond acceptors (Lipinski definition) is 7. The van der Waals surface area contributed by atoms with Crippen molar-refractivity contribution in [3.05, 3.63) is 248 Å². The number of benzene rings is 6. The van der Waals surface area contributed by atoms with Crippen LogP contribution in [-0.2, 0) is 91.3 Å². The van der Waals surface area contributed by atoms with Crippen molar-refractivity contribution >= 4 is 17.9 Å². The zero-order valence-electron chi connectivity index (χ0n) is 54.6. The Morgan fingerprint density at radius 1 is 0.414 bits per heavy atom. The van der Waals surface area contributed by atoms with Gasteiger partial charge in [0.25, 0.3) is 0 Å². The Labute approximate surface area is 523 Å². The number of rotatable bonds is 28. The van der Waals surface area contributed by atoms with Gasteiger partial charge >= 0.3 is 17.9 Å². The minimum absolute atomic E-state index is 0.260. The third-order valence-electron chi connectivity index (χ3n) is 16.5. The van der Waals surface area contributed by atoms with Gasteiger partial charge in [-0.25, -0.2) is 14.4 Å². The summed E-state index contributed by atoms with van der Waals surface area (Å²) in [5, 5.41) is 0. The number of unbranched alkanes of at least 4 members (excludes halogenated alkanes) is 4. The molecular formula is C80H100O7. The van der Waals surface area contributed by atoms with Crippen LogP contribution < -0.4 is 0 Å². The minimum Gasteiger partial charge on any atom is -0.462 e. The smallest absolute Gasteiger partial charge is 0.333 e. The van der Waals surface area contributed by atoms with E-state index in [0.29, 0.717) is 37.6 Å². The van der Waals surface area contributed by atoms with Gasteiger partial charge in [0.15, 0.2) is 0 Å².